The van der Waals surface area contributed by atoms with Crippen LogP contribution in [0.1, 0.15) is 30.1 Å². The van der Waals surface area contributed by atoms with Crippen molar-refractivity contribution in [1.29, 1.82) is 0 Å². The van der Waals surface area contributed by atoms with Crippen LogP contribution in [0.2, 0.25) is 0 Å². The van der Waals surface area contributed by atoms with Gasteiger partial charge in [0.1, 0.15) is 4.88 Å². The molecule has 0 aliphatic heterocycles. The number of thiophene rings is 1. The second-order valence-corrected chi connectivity index (χ2v) is 7.40. The highest BCUT2D eigenvalue weighted by atomic mass is 32.1. The molecule has 1 aromatic carbocycles. The topological polar surface area (TPSA) is 83.8 Å². The van der Waals surface area contributed by atoms with E-state index in [1.54, 1.807) is 0 Å². The van der Waals surface area contributed by atoms with E-state index in [4.69, 9.17) is 4.52 Å². The van der Waals surface area contributed by atoms with Gasteiger partial charge in [-0.3, -0.25) is 4.79 Å². The zero-order valence-electron chi connectivity index (χ0n) is 13.9. The highest BCUT2D eigenvalue weighted by molar-refractivity contribution is 7.14. The third-order valence-electron chi connectivity index (χ3n) is 4.54. The number of H-pyrrole nitrogens is 1. The molecule has 0 radical (unpaired) electrons. The summed E-state index contributed by atoms with van der Waals surface area (Å²) in [5.74, 6) is 1.61. The summed E-state index contributed by atoms with van der Waals surface area (Å²) in [7, 11) is 0. The normalized spacial score (nSPS) is 14.0. The number of fused-ring (bicyclic) bond motifs is 1. The van der Waals surface area contributed by atoms with Crippen molar-refractivity contribution in [3.63, 3.8) is 0 Å². The van der Waals surface area contributed by atoms with Crippen molar-refractivity contribution in [3.05, 3.63) is 53.3 Å². The SMILES string of the molecule is O=C(Cc1c[nH]c2ccccc12)Nc1ccsc1-c1nc(C2CC2)no1. The maximum absolute atomic E-state index is 12.5. The molecule has 1 amide bonds. The van der Waals surface area contributed by atoms with E-state index in [0.717, 1.165) is 40.0 Å². The molecule has 3 heterocycles. The molecule has 0 saturated heterocycles. The number of hydrogen-bond donors (Lipinski definition) is 2. The molecule has 1 aliphatic carbocycles. The summed E-state index contributed by atoms with van der Waals surface area (Å²) in [5, 5.41) is 10.0. The Morgan fingerprint density at radius 1 is 1.31 bits per heavy atom. The number of para-hydroxylation sites is 1. The lowest BCUT2D eigenvalue weighted by atomic mass is 10.1. The van der Waals surface area contributed by atoms with Crippen LogP contribution >= 0.6 is 11.3 Å². The van der Waals surface area contributed by atoms with Gasteiger partial charge in [0.15, 0.2) is 5.82 Å². The Hall–Kier alpha value is -2.93. The quantitative estimate of drug-likeness (QED) is 0.552. The molecule has 0 unspecified atom stereocenters. The number of nitrogens with zero attached hydrogens (tertiary/aromatic N) is 2. The van der Waals surface area contributed by atoms with Gasteiger partial charge < -0.3 is 14.8 Å². The summed E-state index contributed by atoms with van der Waals surface area (Å²) in [6.45, 7) is 0. The van der Waals surface area contributed by atoms with E-state index in [1.807, 2.05) is 41.9 Å². The highest BCUT2D eigenvalue weighted by Crippen LogP contribution is 2.40. The minimum atomic E-state index is -0.0728. The summed E-state index contributed by atoms with van der Waals surface area (Å²) in [4.78, 5) is 21.0. The molecule has 130 valence electrons. The molecule has 0 bridgehead atoms. The molecule has 7 heteroatoms. The number of anilines is 1. The maximum Gasteiger partial charge on any atom is 0.270 e. The number of aromatic nitrogens is 3. The molecule has 2 N–H and O–H groups in total. The van der Waals surface area contributed by atoms with Crippen molar-refractivity contribution in [2.24, 2.45) is 0 Å². The third-order valence-corrected chi connectivity index (χ3v) is 5.45. The monoisotopic (exact) mass is 364 g/mol. The Labute approximate surface area is 153 Å². The molecule has 0 spiro atoms. The van der Waals surface area contributed by atoms with Crippen molar-refractivity contribution >= 4 is 33.8 Å². The molecule has 0 atom stereocenters. The highest BCUT2D eigenvalue weighted by Gasteiger charge is 2.29. The Balaban J connectivity index is 1.34. The predicted octanol–water partition coefficient (Wildman–Crippen LogP) is 4.34. The fourth-order valence-electron chi connectivity index (χ4n) is 3.05. The van der Waals surface area contributed by atoms with Gasteiger partial charge >= 0.3 is 0 Å². The Morgan fingerprint density at radius 2 is 2.19 bits per heavy atom. The van der Waals surface area contributed by atoms with Crippen LogP contribution in [0.5, 0.6) is 0 Å². The smallest absolute Gasteiger partial charge is 0.270 e. The molecule has 1 saturated carbocycles. The molecule has 6 nitrogen and oxygen atoms in total. The van der Waals surface area contributed by atoms with Crippen LogP contribution in [-0.2, 0) is 11.2 Å². The molecule has 1 aliphatic rings. The van der Waals surface area contributed by atoms with Crippen LogP contribution in [0.25, 0.3) is 21.7 Å². The molecular formula is C19H16N4O2S. The first kappa shape index (κ1) is 15.3. The fourth-order valence-corrected chi connectivity index (χ4v) is 3.82. The van der Waals surface area contributed by atoms with Gasteiger partial charge in [0, 0.05) is 23.0 Å². The number of benzene rings is 1. The fraction of sp³-hybridized carbons (Fsp3) is 0.211. The van der Waals surface area contributed by atoms with E-state index in [2.05, 4.69) is 20.4 Å². The zero-order chi connectivity index (χ0) is 17.5. The van der Waals surface area contributed by atoms with E-state index in [9.17, 15) is 4.79 Å². The predicted molar refractivity (Wildman–Crippen MR) is 100 cm³/mol. The van der Waals surface area contributed by atoms with Crippen LogP contribution in [-0.4, -0.2) is 21.0 Å². The summed E-state index contributed by atoms with van der Waals surface area (Å²) in [6.07, 6.45) is 4.43. The van der Waals surface area contributed by atoms with Crippen molar-refractivity contribution in [2.45, 2.75) is 25.2 Å². The van der Waals surface area contributed by atoms with Crippen molar-refractivity contribution in [3.8, 4) is 10.8 Å². The average Bonchev–Trinajstić information content (AvgIpc) is 3.05. The number of amides is 1. The van der Waals surface area contributed by atoms with E-state index >= 15 is 0 Å². The summed E-state index contributed by atoms with van der Waals surface area (Å²) >= 11 is 1.48. The van der Waals surface area contributed by atoms with Gasteiger partial charge in [-0.25, -0.2) is 0 Å². The Kier molecular flexibility index (Phi) is 3.60. The number of carbonyl (C=O) groups is 1. The Morgan fingerprint density at radius 3 is 3.08 bits per heavy atom. The van der Waals surface area contributed by atoms with Crippen molar-refractivity contribution < 1.29 is 9.32 Å². The standard InChI is InChI=1S/C19H16N4O2S/c24-16(9-12-10-20-14-4-2-1-3-13(12)14)21-15-7-8-26-17(15)19-22-18(23-25-19)11-5-6-11/h1-4,7-8,10-11,20H,5-6,9H2,(H,21,24). The summed E-state index contributed by atoms with van der Waals surface area (Å²) < 4.78 is 5.39. The van der Waals surface area contributed by atoms with Crippen LogP contribution in [0.15, 0.2) is 46.4 Å². The average molecular weight is 364 g/mol. The first-order valence-corrected chi connectivity index (χ1v) is 9.42. The lowest BCUT2D eigenvalue weighted by Crippen LogP contribution is -2.14. The van der Waals surface area contributed by atoms with E-state index in [-0.39, 0.29) is 5.91 Å². The lowest BCUT2D eigenvalue weighted by molar-refractivity contribution is -0.115. The molecular weight excluding hydrogens is 348 g/mol. The Bertz CT molecular complexity index is 1090. The summed E-state index contributed by atoms with van der Waals surface area (Å²) in [5.41, 5.74) is 2.72. The van der Waals surface area contributed by atoms with Gasteiger partial charge in [0.25, 0.3) is 5.89 Å². The van der Waals surface area contributed by atoms with Gasteiger partial charge in [-0.2, -0.15) is 4.98 Å². The second-order valence-electron chi connectivity index (χ2n) is 6.48. The first-order chi connectivity index (χ1) is 12.8. The molecule has 3 aromatic heterocycles. The second kappa shape index (κ2) is 6.10. The van der Waals surface area contributed by atoms with Crippen molar-refractivity contribution in [2.75, 3.05) is 5.32 Å². The van der Waals surface area contributed by atoms with Gasteiger partial charge in [0.2, 0.25) is 5.91 Å². The minimum Gasteiger partial charge on any atom is -0.361 e. The minimum absolute atomic E-state index is 0.0728. The third kappa shape index (κ3) is 2.80. The first-order valence-electron chi connectivity index (χ1n) is 8.54. The summed E-state index contributed by atoms with van der Waals surface area (Å²) in [6, 6.07) is 9.83. The van der Waals surface area contributed by atoms with Crippen LogP contribution < -0.4 is 5.32 Å². The van der Waals surface area contributed by atoms with Gasteiger partial charge in [-0.15, -0.1) is 11.3 Å². The zero-order valence-corrected chi connectivity index (χ0v) is 14.7. The van der Waals surface area contributed by atoms with Crippen LogP contribution in [0.3, 0.4) is 0 Å². The number of hydrogen-bond acceptors (Lipinski definition) is 5. The van der Waals surface area contributed by atoms with E-state index < -0.39 is 0 Å². The number of carbonyl (C=O) groups excluding carboxylic acids is 1. The number of rotatable bonds is 5. The maximum atomic E-state index is 12.5. The van der Waals surface area contributed by atoms with E-state index in [0.29, 0.717) is 23.9 Å². The number of aromatic amines is 1. The van der Waals surface area contributed by atoms with Crippen LogP contribution in [0.4, 0.5) is 5.69 Å². The molecule has 1 fully saturated rings. The lowest BCUT2D eigenvalue weighted by Gasteiger charge is -2.04. The van der Waals surface area contributed by atoms with Gasteiger partial charge in [-0.05, 0) is 35.9 Å². The molecule has 5 rings (SSSR count). The van der Waals surface area contributed by atoms with E-state index in [1.165, 1.54) is 11.3 Å². The molecule has 26 heavy (non-hydrogen) atoms. The van der Waals surface area contributed by atoms with Crippen LogP contribution in [0, 0.1) is 0 Å². The van der Waals surface area contributed by atoms with Crippen molar-refractivity contribution in [1.82, 2.24) is 15.1 Å². The molecule has 4 aromatic rings. The van der Waals surface area contributed by atoms with Gasteiger partial charge in [0.05, 0.1) is 12.1 Å². The van der Waals surface area contributed by atoms with Gasteiger partial charge in [-0.1, -0.05) is 23.4 Å². The number of nitrogens with one attached hydrogen (secondary N) is 2. The largest absolute Gasteiger partial charge is 0.361 e.